The molecule has 0 unspecified atom stereocenters. The van der Waals surface area contributed by atoms with Crippen molar-refractivity contribution < 1.29 is 23.8 Å². The third kappa shape index (κ3) is 7.10. The smallest absolute Gasteiger partial charge is 0.319 e. The van der Waals surface area contributed by atoms with Gasteiger partial charge in [-0.1, -0.05) is 25.5 Å². The fourth-order valence-corrected chi connectivity index (χ4v) is 4.39. The number of nitrogens with one attached hydrogen (secondary N) is 2. The minimum Gasteiger partial charge on any atom is -0.494 e. The van der Waals surface area contributed by atoms with Crippen LogP contribution in [0.25, 0.3) is 0 Å². The molecule has 0 saturated heterocycles. The minimum atomic E-state index is -0.630. The number of anilines is 1. The average Bonchev–Trinajstić information content (AvgIpc) is 3.27. The molecule has 1 aromatic heterocycles. The molecule has 0 saturated carbocycles. The number of benzene rings is 2. The summed E-state index contributed by atoms with van der Waals surface area (Å²) in [4.78, 5) is 29.4. The summed E-state index contributed by atoms with van der Waals surface area (Å²) in [5.41, 5.74) is 7.20. The van der Waals surface area contributed by atoms with Gasteiger partial charge in [0.25, 0.3) is 5.91 Å². The number of thiazole rings is 1. The van der Waals surface area contributed by atoms with Gasteiger partial charge >= 0.3 is 6.03 Å². The Morgan fingerprint density at radius 3 is 2.51 bits per heavy atom. The predicted octanol–water partition coefficient (Wildman–Crippen LogP) is 4.35. The van der Waals surface area contributed by atoms with E-state index in [2.05, 4.69) is 22.5 Å². The lowest BCUT2D eigenvalue weighted by Gasteiger charge is -2.12. The summed E-state index contributed by atoms with van der Waals surface area (Å²) in [7, 11) is 3.12. The Labute approximate surface area is 208 Å². The average molecular weight is 499 g/mol. The highest BCUT2D eigenvalue weighted by atomic mass is 32.1. The Kier molecular flexibility index (Phi) is 9.31. The molecule has 0 fully saturated rings. The Bertz CT molecular complexity index is 1150. The zero-order chi connectivity index (χ0) is 25.2. The maximum Gasteiger partial charge on any atom is 0.319 e. The van der Waals surface area contributed by atoms with E-state index in [4.69, 9.17) is 19.9 Å². The number of nitrogens with zero attached hydrogens (tertiary/aromatic N) is 1. The molecule has 0 spiro atoms. The van der Waals surface area contributed by atoms with Crippen LogP contribution < -0.4 is 30.6 Å². The molecule has 0 aliphatic carbocycles. The van der Waals surface area contributed by atoms with Gasteiger partial charge in [-0.05, 0) is 36.8 Å². The van der Waals surface area contributed by atoms with Gasteiger partial charge in [-0.15, -0.1) is 11.3 Å². The normalized spacial score (nSPS) is 10.5. The fourth-order valence-electron chi connectivity index (χ4n) is 3.35. The van der Waals surface area contributed by atoms with Crippen molar-refractivity contribution in [3.05, 3.63) is 63.6 Å². The lowest BCUT2D eigenvalue weighted by molar-refractivity contribution is 0.0995. The van der Waals surface area contributed by atoms with Gasteiger partial charge in [-0.3, -0.25) is 4.79 Å². The van der Waals surface area contributed by atoms with Crippen LogP contribution in [0.2, 0.25) is 0 Å². The number of rotatable bonds is 12. The number of aromatic nitrogens is 1. The number of primary amides is 1. The molecule has 3 amide bonds. The molecular formula is C25H30N4O5S. The van der Waals surface area contributed by atoms with Gasteiger partial charge in [-0.2, -0.15) is 0 Å². The standard InChI is InChI=1S/C25H30N4O5S/c1-4-5-13-34-18-11-9-17(10-12-18)28-25(31)27-15-21-29-22(24(26)30)20(35-21)14-16-7-6-8-19(32-2)23(16)33-3/h6-12H,4-5,13-15H2,1-3H3,(H2,26,30)(H2,27,28,31). The van der Waals surface area contributed by atoms with Gasteiger partial charge in [0.2, 0.25) is 0 Å². The summed E-state index contributed by atoms with van der Waals surface area (Å²) in [6.45, 7) is 2.91. The lowest BCUT2D eigenvalue weighted by Crippen LogP contribution is -2.28. The molecule has 0 bridgehead atoms. The van der Waals surface area contributed by atoms with Crippen LogP contribution >= 0.6 is 11.3 Å². The second-order valence-corrected chi connectivity index (χ2v) is 8.78. The summed E-state index contributed by atoms with van der Waals surface area (Å²) < 4.78 is 16.5. The monoisotopic (exact) mass is 498 g/mol. The first kappa shape index (κ1) is 25.8. The van der Waals surface area contributed by atoms with Crippen molar-refractivity contribution in [2.24, 2.45) is 5.73 Å². The Morgan fingerprint density at radius 2 is 1.86 bits per heavy atom. The molecule has 2 aromatic carbocycles. The number of para-hydroxylation sites is 1. The number of nitrogens with two attached hydrogens (primary N) is 1. The second-order valence-electron chi connectivity index (χ2n) is 7.61. The van der Waals surface area contributed by atoms with E-state index < -0.39 is 11.9 Å². The molecule has 4 N–H and O–H groups in total. The number of carbonyl (C=O) groups is 2. The highest BCUT2D eigenvalue weighted by Gasteiger charge is 2.19. The molecule has 1 heterocycles. The van der Waals surface area contributed by atoms with Crippen LogP contribution in [0.1, 0.15) is 45.7 Å². The van der Waals surface area contributed by atoms with Crippen molar-refractivity contribution in [3.8, 4) is 17.2 Å². The molecule has 3 rings (SSSR count). The number of hydrogen-bond acceptors (Lipinski definition) is 7. The molecule has 0 aliphatic heterocycles. The number of ether oxygens (including phenoxy) is 3. The minimum absolute atomic E-state index is 0.143. The van der Waals surface area contributed by atoms with E-state index in [0.29, 0.717) is 40.1 Å². The summed E-state index contributed by atoms with van der Waals surface area (Å²) in [5.74, 6) is 1.30. The quantitative estimate of drug-likeness (QED) is 0.319. The fraction of sp³-hybridized carbons (Fsp3) is 0.320. The number of carbonyl (C=O) groups excluding carboxylic acids is 2. The number of methoxy groups -OCH3 is 2. The van der Waals surface area contributed by atoms with Crippen molar-refractivity contribution in [2.75, 3.05) is 26.1 Å². The largest absolute Gasteiger partial charge is 0.494 e. The first-order chi connectivity index (χ1) is 16.9. The third-order valence-electron chi connectivity index (χ3n) is 5.09. The summed E-state index contributed by atoms with van der Waals surface area (Å²) in [6.07, 6.45) is 2.44. The molecule has 9 nitrogen and oxygen atoms in total. The van der Waals surface area contributed by atoms with Crippen LogP contribution in [0.15, 0.2) is 42.5 Å². The molecule has 0 radical (unpaired) electrons. The predicted molar refractivity (Wildman–Crippen MR) is 136 cm³/mol. The highest BCUT2D eigenvalue weighted by Crippen LogP contribution is 2.34. The first-order valence-electron chi connectivity index (χ1n) is 11.2. The summed E-state index contributed by atoms with van der Waals surface area (Å²) >= 11 is 1.31. The number of urea groups is 1. The van der Waals surface area contributed by atoms with Gasteiger partial charge in [0, 0.05) is 22.5 Å². The third-order valence-corrected chi connectivity index (χ3v) is 6.14. The van der Waals surface area contributed by atoms with Crippen LogP contribution in [0, 0.1) is 0 Å². The van der Waals surface area contributed by atoms with Crippen LogP contribution in [-0.4, -0.2) is 37.7 Å². The number of amides is 3. The van der Waals surface area contributed by atoms with Gasteiger partial charge in [0.05, 0.1) is 27.4 Å². The zero-order valence-electron chi connectivity index (χ0n) is 20.1. The van der Waals surface area contributed by atoms with Crippen LogP contribution in [0.4, 0.5) is 10.5 Å². The Hall–Kier alpha value is -3.79. The Morgan fingerprint density at radius 1 is 1.09 bits per heavy atom. The Balaban J connectivity index is 1.63. The zero-order valence-corrected chi connectivity index (χ0v) is 20.9. The van der Waals surface area contributed by atoms with E-state index in [1.54, 1.807) is 32.4 Å². The second kappa shape index (κ2) is 12.6. The topological polar surface area (TPSA) is 125 Å². The van der Waals surface area contributed by atoms with Crippen LogP contribution in [-0.2, 0) is 13.0 Å². The van der Waals surface area contributed by atoms with E-state index >= 15 is 0 Å². The molecule has 35 heavy (non-hydrogen) atoms. The molecular weight excluding hydrogens is 468 g/mol. The van der Waals surface area contributed by atoms with Crippen molar-refractivity contribution in [1.82, 2.24) is 10.3 Å². The maximum atomic E-state index is 12.4. The number of hydrogen-bond donors (Lipinski definition) is 3. The number of unbranched alkanes of at least 4 members (excludes halogenated alkanes) is 1. The van der Waals surface area contributed by atoms with Gasteiger partial charge < -0.3 is 30.6 Å². The van der Waals surface area contributed by atoms with Crippen molar-refractivity contribution in [1.29, 1.82) is 0 Å². The molecule has 3 aromatic rings. The van der Waals surface area contributed by atoms with Crippen molar-refractivity contribution in [3.63, 3.8) is 0 Å². The first-order valence-corrected chi connectivity index (χ1v) is 12.0. The van der Waals surface area contributed by atoms with Gasteiger partial charge in [0.1, 0.15) is 16.5 Å². The summed E-state index contributed by atoms with van der Waals surface area (Å²) in [5, 5.41) is 6.09. The van der Waals surface area contributed by atoms with Gasteiger partial charge in [-0.25, -0.2) is 9.78 Å². The van der Waals surface area contributed by atoms with E-state index in [-0.39, 0.29) is 12.2 Å². The van der Waals surface area contributed by atoms with Crippen LogP contribution in [0.3, 0.4) is 0 Å². The van der Waals surface area contributed by atoms with Crippen molar-refractivity contribution >= 4 is 29.0 Å². The van der Waals surface area contributed by atoms with Crippen LogP contribution in [0.5, 0.6) is 17.2 Å². The molecule has 0 aliphatic rings. The lowest BCUT2D eigenvalue weighted by atomic mass is 10.1. The molecule has 186 valence electrons. The molecule has 0 atom stereocenters. The molecule has 10 heteroatoms. The van der Waals surface area contributed by atoms with E-state index in [9.17, 15) is 9.59 Å². The van der Waals surface area contributed by atoms with E-state index in [0.717, 1.165) is 24.2 Å². The highest BCUT2D eigenvalue weighted by molar-refractivity contribution is 7.12. The summed E-state index contributed by atoms with van der Waals surface area (Å²) in [6, 6.07) is 12.3. The van der Waals surface area contributed by atoms with Gasteiger partial charge in [0.15, 0.2) is 11.5 Å². The maximum absolute atomic E-state index is 12.4. The SMILES string of the molecule is CCCCOc1ccc(NC(=O)NCc2nc(C(N)=O)c(Cc3cccc(OC)c3OC)s2)cc1. The van der Waals surface area contributed by atoms with E-state index in [1.165, 1.54) is 11.3 Å². The van der Waals surface area contributed by atoms with Crippen molar-refractivity contribution in [2.45, 2.75) is 32.7 Å². The van der Waals surface area contributed by atoms with E-state index in [1.807, 2.05) is 24.3 Å².